The van der Waals surface area contributed by atoms with Gasteiger partial charge in [0.25, 0.3) is 0 Å². The minimum atomic E-state index is -0.651. The van der Waals surface area contributed by atoms with Crippen molar-refractivity contribution in [3.63, 3.8) is 0 Å². The van der Waals surface area contributed by atoms with E-state index in [1.54, 1.807) is 39.0 Å². The van der Waals surface area contributed by atoms with Crippen LogP contribution in [0.1, 0.15) is 20.8 Å². The molecule has 0 bridgehead atoms. The Kier molecular flexibility index (Phi) is 3.84. The zero-order valence-corrected chi connectivity index (χ0v) is 12.1. The van der Waals surface area contributed by atoms with Gasteiger partial charge in [-0.1, -0.05) is 12.1 Å². The molecule has 21 heavy (non-hydrogen) atoms. The summed E-state index contributed by atoms with van der Waals surface area (Å²) in [5, 5.41) is 6.46. The molecule has 0 saturated carbocycles. The Morgan fingerprint density at radius 3 is 2.67 bits per heavy atom. The van der Waals surface area contributed by atoms with Crippen LogP contribution in [0.25, 0.3) is 5.69 Å². The molecule has 6 nitrogen and oxygen atoms in total. The number of hydrogen-bond acceptors (Lipinski definition) is 4. The molecular weight excluding hydrogens is 275 g/mol. The van der Waals surface area contributed by atoms with Crippen LogP contribution >= 0.6 is 0 Å². The number of amides is 1. The standard InChI is InChI=1S/C14H17FN4O2/c1-14(2,3)21-13(20)17-10-8-19(18-12(10)16)11-7-5-4-6-9(11)15/h4-8H,1-3H3,(H2,16,18)(H,17,20). The lowest BCUT2D eigenvalue weighted by Crippen LogP contribution is -2.27. The molecule has 0 saturated heterocycles. The SMILES string of the molecule is CC(C)(C)OC(=O)Nc1cn(-c2ccccc2F)nc1N. The Balaban J connectivity index is 2.21. The highest BCUT2D eigenvalue weighted by Gasteiger charge is 2.18. The van der Waals surface area contributed by atoms with Gasteiger partial charge < -0.3 is 10.5 Å². The zero-order chi connectivity index (χ0) is 15.6. The number of aromatic nitrogens is 2. The lowest BCUT2D eigenvalue weighted by Gasteiger charge is -2.19. The highest BCUT2D eigenvalue weighted by molar-refractivity contribution is 5.88. The molecule has 7 heteroatoms. The fraction of sp³-hybridized carbons (Fsp3) is 0.286. The molecule has 3 N–H and O–H groups in total. The van der Waals surface area contributed by atoms with Crippen molar-refractivity contribution >= 4 is 17.6 Å². The summed E-state index contributed by atoms with van der Waals surface area (Å²) in [4.78, 5) is 11.7. The Labute approximate surface area is 121 Å². The van der Waals surface area contributed by atoms with E-state index in [9.17, 15) is 9.18 Å². The molecule has 2 aromatic rings. The maximum absolute atomic E-state index is 13.7. The monoisotopic (exact) mass is 292 g/mol. The summed E-state index contributed by atoms with van der Waals surface area (Å²) in [5.41, 5.74) is 5.59. The van der Waals surface area contributed by atoms with Gasteiger partial charge in [-0.15, -0.1) is 5.10 Å². The maximum atomic E-state index is 13.7. The molecule has 0 fully saturated rings. The number of nitrogens with one attached hydrogen (secondary N) is 1. The van der Waals surface area contributed by atoms with Crippen LogP contribution in [0.3, 0.4) is 0 Å². The van der Waals surface area contributed by atoms with Crippen LogP contribution in [0.15, 0.2) is 30.5 Å². The second-order valence-electron chi connectivity index (χ2n) is 5.45. The van der Waals surface area contributed by atoms with Crippen LogP contribution in [0.5, 0.6) is 0 Å². The molecule has 0 radical (unpaired) electrons. The van der Waals surface area contributed by atoms with Crippen molar-refractivity contribution in [3.05, 3.63) is 36.3 Å². The third kappa shape index (κ3) is 3.71. The minimum Gasteiger partial charge on any atom is -0.444 e. The van der Waals surface area contributed by atoms with Gasteiger partial charge in [0.1, 0.15) is 22.8 Å². The first kappa shape index (κ1) is 14.8. The van der Waals surface area contributed by atoms with E-state index in [0.29, 0.717) is 0 Å². The number of carbonyl (C=O) groups is 1. The van der Waals surface area contributed by atoms with E-state index in [0.717, 1.165) is 0 Å². The summed E-state index contributed by atoms with van der Waals surface area (Å²) >= 11 is 0. The van der Waals surface area contributed by atoms with Gasteiger partial charge in [0, 0.05) is 0 Å². The van der Waals surface area contributed by atoms with E-state index in [-0.39, 0.29) is 17.2 Å². The Morgan fingerprint density at radius 1 is 1.38 bits per heavy atom. The van der Waals surface area contributed by atoms with Gasteiger partial charge in [-0.3, -0.25) is 5.32 Å². The van der Waals surface area contributed by atoms with Crippen molar-refractivity contribution in [1.29, 1.82) is 0 Å². The van der Waals surface area contributed by atoms with E-state index in [2.05, 4.69) is 10.4 Å². The van der Waals surface area contributed by atoms with E-state index >= 15 is 0 Å². The molecule has 1 heterocycles. The zero-order valence-electron chi connectivity index (χ0n) is 12.1. The number of benzene rings is 1. The average Bonchev–Trinajstić information content (AvgIpc) is 2.68. The molecule has 0 aliphatic rings. The third-order valence-corrected chi connectivity index (χ3v) is 2.48. The molecule has 0 atom stereocenters. The number of ether oxygens (including phenoxy) is 1. The summed E-state index contributed by atoms with van der Waals surface area (Å²) in [6.07, 6.45) is 0.778. The second-order valence-corrected chi connectivity index (χ2v) is 5.45. The van der Waals surface area contributed by atoms with Crippen LogP contribution in [0.4, 0.5) is 20.7 Å². The van der Waals surface area contributed by atoms with Crippen molar-refractivity contribution < 1.29 is 13.9 Å². The summed E-state index contributed by atoms with van der Waals surface area (Å²) in [6.45, 7) is 5.25. The van der Waals surface area contributed by atoms with Crippen molar-refractivity contribution in [1.82, 2.24) is 9.78 Å². The number of hydrogen-bond donors (Lipinski definition) is 2. The number of carbonyl (C=O) groups excluding carboxylic acids is 1. The third-order valence-electron chi connectivity index (χ3n) is 2.48. The fourth-order valence-electron chi connectivity index (χ4n) is 1.66. The Bertz CT molecular complexity index is 661. The first-order valence-electron chi connectivity index (χ1n) is 6.36. The number of nitrogens with two attached hydrogens (primary N) is 1. The number of nitrogen functional groups attached to an aromatic ring is 1. The van der Waals surface area contributed by atoms with Gasteiger partial charge in [0.15, 0.2) is 5.82 Å². The van der Waals surface area contributed by atoms with E-state index < -0.39 is 17.5 Å². The molecular formula is C14H17FN4O2. The van der Waals surface area contributed by atoms with Gasteiger partial charge >= 0.3 is 6.09 Å². The van der Waals surface area contributed by atoms with Gasteiger partial charge in [-0.2, -0.15) is 0 Å². The van der Waals surface area contributed by atoms with E-state index in [1.165, 1.54) is 16.9 Å². The van der Waals surface area contributed by atoms with Crippen molar-refractivity contribution in [2.45, 2.75) is 26.4 Å². The number of nitrogens with zero attached hydrogens (tertiary/aromatic N) is 2. The molecule has 1 aromatic heterocycles. The number of para-hydroxylation sites is 1. The molecule has 2 rings (SSSR count). The van der Waals surface area contributed by atoms with Crippen LogP contribution < -0.4 is 11.1 Å². The first-order valence-corrected chi connectivity index (χ1v) is 6.36. The van der Waals surface area contributed by atoms with Gasteiger partial charge in [-0.25, -0.2) is 13.9 Å². The molecule has 0 spiro atoms. The Morgan fingerprint density at radius 2 is 2.05 bits per heavy atom. The molecule has 1 amide bonds. The van der Waals surface area contributed by atoms with Crippen molar-refractivity contribution in [2.24, 2.45) is 0 Å². The van der Waals surface area contributed by atoms with Crippen molar-refractivity contribution in [3.8, 4) is 5.69 Å². The molecule has 1 aromatic carbocycles. The highest BCUT2D eigenvalue weighted by Crippen LogP contribution is 2.21. The number of halogens is 1. The van der Waals surface area contributed by atoms with E-state index in [4.69, 9.17) is 10.5 Å². The molecule has 0 aliphatic carbocycles. The van der Waals surface area contributed by atoms with Crippen LogP contribution in [0, 0.1) is 5.82 Å². The molecule has 0 aliphatic heterocycles. The average molecular weight is 292 g/mol. The lowest BCUT2D eigenvalue weighted by atomic mass is 10.2. The lowest BCUT2D eigenvalue weighted by molar-refractivity contribution is 0.0636. The summed E-state index contributed by atoms with van der Waals surface area (Å²) in [7, 11) is 0. The largest absolute Gasteiger partial charge is 0.444 e. The summed E-state index contributed by atoms with van der Waals surface area (Å²) in [6, 6.07) is 6.12. The predicted octanol–water partition coefficient (Wildman–Crippen LogP) is 2.94. The van der Waals surface area contributed by atoms with Crippen LogP contribution in [0.2, 0.25) is 0 Å². The first-order chi connectivity index (χ1) is 9.76. The highest BCUT2D eigenvalue weighted by atomic mass is 19.1. The molecule has 112 valence electrons. The molecule has 0 unspecified atom stereocenters. The maximum Gasteiger partial charge on any atom is 0.412 e. The predicted molar refractivity (Wildman–Crippen MR) is 77.8 cm³/mol. The van der Waals surface area contributed by atoms with Crippen LogP contribution in [-0.4, -0.2) is 21.5 Å². The second kappa shape index (κ2) is 5.43. The topological polar surface area (TPSA) is 82.2 Å². The van der Waals surface area contributed by atoms with Gasteiger partial charge in [0.2, 0.25) is 0 Å². The smallest absolute Gasteiger partial charge is 0.412 e. The Hall–Kier alpha value is -2.57. The minimum absolute atomic E-state index is 0.0733. The number of rotatable bonds is 2. The summed E-state index contributed by atoms with van der Waals surface area (Å²) < 4.78 is 20.1. The van der Waals surface area contributed by atoms with E-state index in [1.807, 2.05) is 0 Å². The quantitative estimate of drug-likeness (QED) is 0.891. The van der Waals surface area contributed by atoms with Gasteiger partial charge in [-0.05, 0) is 32.9 Å². The van der Waals surface area contributed by atoms with Gasteiger partial charge in [0.05, 0.1) is 6.20 Å². The fourth-order valence-corrected chi connectivity index (χ4v) is 1.66. The number of anilines is 2. The normalized spacial score (nSPS) is 11.2. The van der Waals surface area contributed by atoms with Crippen LogP contribution in [-0.2, 0) is 4.74 Å². The summed E-state index contributed by atoms with van der Waals surface area (Å²) in [5.74, 6) is -0.368. The van der Waals surface area contributed by atoms with Crippen molar-refractivity contribution in [2.75, 3.05) is 11.1 Å².